The van der Waals surface area contributed by atoms with Crippen molar-refractivity contribution in [3.8, 4) is 0 Å². The van der Waals surface area contributed by atoms with Gasteiger partial charge in [-0.05, 0) is 6.07 Å². The number of rotatable bonds is 3. The molecule has 1 rings (SSSR count). The van der Waals surface area contributed by atoms with Crippen LogP contribution in [0.4, 0.5) is 0 Å². The lowest BCUT2D eigenvalue weighted by molar-refractivity contribution is -0.137. The topological polar surface area (TPSA) is 37.3 Å². The van der Waals surface area contributed by atoms with Gasteiger partial charge in [-0.3, -0.25) is 4.79 Å². The van der Waals surface area contributed by atoms with Crippen molar-refractivity contribution in [2.45, 2.75) is 19.3 Å². The van der Waals surface area contributed by atoms with Crippen LogP contribution in [0.5, 0.6) is 0 Å². The molecule has 0 radical (unpaired) electrons. The van der Waals surface area contributed by atoms with E-state index in [1.165, 1.54) is 11.3 Å². The van der Waals surface area contributed by atoms with Gasteiger partial charge in [-0.2, -0.15) is 0 Å². The number of hydrogen-bond donors (Lipinski definition) is 1. The van der Waals surface area contributed by atoms with E-state index in [0.29, 0.717) is 5.02 Å². The van der Waals surface area contributed by atoms with E-state index in [4.69, 9.17) is 16.7 Å². The predicted molar refractivity (Wildman–Crippen MR) is 50.0 cm³/mol. The monoisotopic (exact) mass is 204 g/mol. The molecule has 0 saturated heterocycles. The van der Waals surface area contributed by atoms with Gasteiger partial charge in [-0.1, -0.05) is 18.5 Å². The quantitative estimate of drug-likeness (QED) is 0.822. The molecule has 1 N–H and O–H groups in total. The Morgan fingerprint density at radius 3 is 2.92 bits per heavy atom. The highest BCUT2D eigenvalue weighted by Gasteiger charge is 2.11. The first-order valence-corrected chi connectivity index (χ1v) is 4.81. The normalized spacial score (nSPS) is 12.8. The average molecular weight is 205 g/mol. The Kier molecular flexibility index (Phi) is 3.12. The summed E-state index contributed by atoms with van der Waals surface area (Å²) in [5.41, 5.74) is 0. The number of carbonyl (C=O) groups is 1. The van der Waals surface area contributed by atoms with Crippen molar-refractivity contribution in [3.05, 3.63) is 21.3 Å². The Hall–Kier alpha value is -0.540. The maximum atomic E-state index is 10.4. The molecular weight excluding hydrogens is 196 g/mol. The van der Waals surface area contributed by atoms with Gasteiger partial charge in [0.2, 0.25) is 0 Å². The van der Waals surface area contributed by atoms with Gasteiger partial charge in [-0.15, -0.1) is 11.3 Å². The van der Waals surface area contributed by atoms with E-state index in [0.717, 1.165) is 4.88 Å². The van der Waals surface area contributed by atoms with Crippen LogP contribution in [0.3, 0.4) is 0 Å². The Labute approximate surface area is 79.8 Å². The molecule has 1 heterocycles. The molecule has 2 nitrogen and oxygen atoms in total. The van der Waals surface area contributed by atoms with Crippen LogP contribution in [-0.2, 0) is 4.79 Å². The Balaban J connectivity index is 2.64. The first kappa shape index (κ1) is 9.55. The van der Waals surface area contributed by atoms with Crippen LogP contribution < -0.4 is 0 Å². The van der Waals surface area contributed by atoms with E-state index in [1.807, 2.05) is 18.4 Å². The third-order valence-corrected chi connectivity index (χ3v) is 3.07. The van der Waals surface area contributed by atoms with Crippen LogP contribution in [0.15, 0.2) is 11.4 Å². The number of aliphatic carboxylic acids is 1. The van der Waals surface area contributed by atoms with Crippen LogP contribution in [0.2, 0.25) is 5.02 Å². The van der Waals surface area contributed by atoms with E-state index in [-0.39, 0.29) is 12.3 Å². The van der Waals surface area contributed by atoms with Gasteiger partial charge in [-0.25, -0.2) is 0 Å². The summed E-state index contributed by atoms with van der Waals surface area (Å²) < 4.78 is 0. The molecule has 0 saturated carbocycles. The van der Waals surface area contributed by atoms with Gasteiger partial charge in [0, 0.05) is 16.2 Å². The maximum absolute atomic E-state index is 10.4. The molecule has 0 fully saturated rings. The summed E-state index contributed by atoms with van der Waals surface area (Å²) in [7, 11) is 0. The van der Waals surface area contributed by atoms with Gasteiger partial charge < -0.3 is 5.11 Å². The summed E-state index contributed by atoms with van der Waals surface area (Å²) >= 11 is 7.21. The van der Waals surface area contributed by atoms with Crippen LogP contribution >= 0.6 is 22.9 Å². The Morgan fingerprint density at radius 1 is 1.83 bits per heavy atom. The zero-order chi connectivity index (χ0) is 9.14. The number of thiophene rings is 1. The fraction of sp³-hybridized carbons (Fsp3) is 0.375. The van der Waals surface area contributed by atoms with Gasteiger partial charge in [0.1, 0.15) is 0 Å². The van der Waals surface area contributed by atoms with Crippen LogP contribution in [-0.4, -0.2) is 11.1 Å². The van der Waals surface area contributed by atoms with E-state index >= 15 is 0 Å². The molecule has 4 heteroatoms. The summed E-state index contributed by atoms with van der Waals surface area (Å²) in [5.74, 6) is -0.716. The first-order chi connectivity index (χ1) is 5.59. The highest BCUT2D eigenvalue weighted by molar-refractivity contribution is 7.10. The van der Waals surface area contributed by atoms with Crippen molar-refractivity contribution >= 4 is 28.9 Å². The van der Waals surface area contributed by atoms with Gasteiger partial charge in [0.05, 0.1) is 11.4 Å². The van der Waals surface area contributed by atoms with Gasteiger partial charge >= 0.3 is 5.97 Å². The summed E-state index contributed by atoms with van der Waals surface area (Å²) in [4.78, 5) is 11.4. The Bertz CT molecular complexity index is 282. The van der Waals surface area contributed by atoms with E-state index < -0.39 is 5.97 Å². The average Bonchev–Trinajstić information content (AvgIpc) is 2.34. The lowest BCUT2D eigenvalue weighted by Crippen LogP contribution is -2.00. The molecule has 0 aromatic carbocycles. The van der Waals surface area contributed by atoms with Gasteiger partial charge in [0.25, 0.3) is 0 Å². The van der Waals surface area contributed by atoms with E-state index in [1.54, 1.807) is 0 Å². The summed E-state index contributed by atoms with van der Waals surface area (Å²) in [6.45, 7) is 1.89. The molecule has 1 unspecified atom stereocenters. The van der Waals surface area contributed by atoms with Crippen LogP contribution in [0.25, 0.3) is 0 Å². The fourth-order valence-corrected chi connectivity index (χ4v) is 2.09. The molecule has 12 heavy (non-hydrogen) atoms. The Morgan fingerprint density at radius 2 is 2.50 bits per heavy atom. The number of carboxylic acid groups (broad SMARTS) is 1. The summed E-state index contributed by atoms with van der Waals surface area (Å²) in [6.07, 6.45) is 0.164. The van der Waals surface area contributed by atoms with Crippen molar-refractivity contribution in [3.63, 3.8) is 0 Å². The van der Waals surface area contributed by atoms with Crippen molar-refractivity contribution in [1.29, 1.82) is 0 Å². The highest BCUT2D eigenvalue weighted by atomic mass is 35.5. The zero-order valence-electron chi connectivity index (χ0n) is 6.58. The summed E-state index contributed by atoms with van der Waals surface area (Å²) in [5, 5.41) is 11.0. The minimum atomic E-state index is -0.771. The minimum absolute atomic E-state index is 0.0556. The predicted octanol–water partition coefficient (Wildman–Crippen LogP) is 2.98. The second kappa shape index (κ2) is 3.92. The molecule has 0 aliphatic carbocycles. The first-order valence-electron chi connectivity index (χ1n) is 3.55. The number of halogens is 1. The van der Waals surface area contributed by atoms with Crippen LogP contribution in [0, 0.1) is 0 Å². The third-order valence-electron chi connectivity index (χ3n) is 1.55. The van der Waals surface area contributed by atoms with Crippen molar-refractivity contribution < 1.29 is 9.90 Å². The second-order valence-electron chi connectivity index (χ2n) is 2.67. The standard InChI is InChI=1S/C8H9ClO2S/c1-5(2-8(10)11)7-3-6(9)4-12-7/h3-5H,2H2,1H3,(H,10,11). The number of carboxylic acids is 1. The molecule has 1 aromatic heterocycles. The second-order valence-corrected chi connectivity index (χ2v) is 4.05. The van der Waals surface area contributed by atoms with Crippen molar-refractivity contribution in [2.24, 2.45) is 0 Å². The molecule has 1 atom stereocenters. The van der Waals surface area contributed by atoms with E-state index in [9.17, 15) is 4.79 Å². The lowest BCUT2D eigenvalue weighted by Gasteiger charge is -2.03. The van der Waals surface area contributed by atoms with Crippen LogP contribution in [0.1, 0.15) is 24.1 Å². The largest absolute Gasteiger partial charge is 0.481 e. The smallest absolute Gasteiger partial charge is 0.303 e. The number of hydrogen-bond acceptors (Lipinski definition) is 2. The third kappa shape index (κ3) is 2.50. The van der Waals surface area contributed by atoms with Crippen molar-refractivity contribution in [2.75, 3.05) is 0 Å². The van der Waals surface area contributed by atoms with Crippen molar-refractivity contribution in [1.82, 2.24) is 0 Å². The highest BCUT2D eigenvalue weighted by Crippen LogP contribution is 2.28. The molecule has 0 bridgehead atoms. The molecule has 0 aliphatic rings. The molecular formula is C8H9ClO2S. The summed E-state index contributed by atoms with van der Waals surface area (Å²) in [6, 6.07) is 1.82. The van der Waals surface area contributed by atoms with E-state index in [2.05, 4.69) is 0 Å². The zero-order valence-corrected chi connectivity index (χ0v) is 8.15. The molecule has 0 aliphatic heterocycles. The molecule has 0 spiro atoms. The minimum Gasteiger partial charge on any atom is -0.481 e. The molecule has 66 valence electrons. The molecule has 0 amide bonds. The van der Waals surface area contributed by atoms with Gasteiger partial charge in [0.15, 0.2) is 0 Å². The molecule has 1 aromatic rings. The SMILES string of the molecule is CC(CC(=O)O)c1cc(Cl)cs1. The maximum Gasteiger partial charge on any atom is 0.303 e. The fourth-order valence-electron chi connectivity index (χ4n) is 0.949. The lowest BCUT2D eigenvalue weighted by atomic mass is 10.1.